The van der Waals surface area contributed by atoms with E-state index in [1.54, 1.807) is 85.5 Å². The monoisotopic (exact) mass is 494 g/mol. The number of amides is 1. The number of aromatic nitrogens is 3. The Morgan fingerprint density at radius 1 is 0.914 bits per heavy atom. The van der Waals surface area contributed by atoms with E-state index in [1.165, 1.54) is 6.07 Å². The number of hydrogen-bond donors (Lipinski definition) is 1. The topological polar surface area (TPSA) is 87.5 Å². The minimum atomic E-state index is -0.442. The number of rotatable bonds is 10. The fourth-order valence-electron chi connectivity index (χ4n) is 3.18. The molecule has 1 aromatic heterocycles. The van der Waals surface area contributed by atoms with Gasteiger partial charge in [0.2, 0.25) is 5.91 Å². The molecule has 1 heterocycles. The van der Waals surface area contributed by atoms with Crippen molar-refractivity contribution in [3.05, 3.63) is 84.4 Å². The fraction of sp³-hybridized carbons (Fsp3) is 0.160. The summed E-state index contributed by atoms with van der Waals surface area (Å²) < 4.78 is 32.3. The normalized spacial score (nSPS) is 10.6. The molecule has 0 radical (unpaired) electrons. The van der Waals surface area contributed by atoms with Gasteiger partial charge in [0, 0.05) is 5.69 Å². The van der Waals surface area contributed by atoms with Gasteiger partial charge in [-0.3, -0.25) is 9.36 Å². The number of anilines is 1. The number of ether oxygens (including phenoxy) is 3. The predicted octanol–water partition coefficient (Wildman–Crippen LogP) is 4.73. The molecule has 0 spiro atoms. The van der Waals surface area contributed by atoms with Gasteiger partial charge in [-0.2, -0.15) is 0 Å². The number of carbonyl (C=O) groups is 1. The average molecular weight is 495 g/mol. The summed E-state index contributed by atoms with van der Waals surface area (Å²) in [6.45, 7) is 0.0479. The maximum absolute atomic E-state index is 14.7. The van der Waals surface area contributed by atoms with Crippen LogP contribution in [0.4, 0.5) is 10.1 Å². The molecular weight excluding hydrogens is 471 g/mol. The molecule has 0 aliphatic heterocycles. The highest BCUT2D eigenvalue weighted by molar-refractivity contribution is 7.99. The van der Waals surface area contributed by atoms with Crippen LogP contribution in [0, 0.1) is 5.82 Å². The Hall–Kier alpha value is -4.05. The maximum Gasteiger partial charge on any atom is 0.234 e. The van der Waals surface area contributed by atoms with Gasteiger partial charge in [-0.25, -0.2) is 4.39 Å². The smallest absolute Gasteiger partial charge is 0.234 e. The zero-order chi connectivity index (χ0) is 24.6. The first-order chi connectivity index (χ1) is 17.1. The first-order valence-electron chi connectivity index (χ1n) is 10.6. The van der Waals surface area contributed by atoms with Crippen LogP contribution >= 0.6 is 11.8 Å². The van der Waals surface area contributed by atoms with Gasteiger partial charge in [-0.15, -0.1) is 10.2 Å². The van der Waals surface area contributed by atoms with Gasteiger partial charge in [-0.1, -0.05) is 23.9 Å². The third-order valence-electron chi connectivity index (χ3n) is 4.93. The van der Waals surface area contributed by atoms with Gasteiger partial charge in [0.15, 0.2) is 11.0 Å². The average Bonchev–Trinajstić information content (AvgIpc) is 3.29. The van der Waals surface area contributed by atoms with Gasteiger partial charge in [0.25, 0.3) is 0 Å². The molecule has 0 aliphatic rings. The number of nitrogens with one attached hydrogen (secondary N) is 1. The van der Waals surface area contributed by atoms with E-state index in [-0.39, 0.29) is 24.0 Å². The third-order valence-corrected chi connectivity index (χ3v) is 5.86. The van der Waals surface area contributed by atoms with Crippen LogP contribution in [0.1, 0.15) is 5.82 Å². The molecule has 0 unspecified atom stereocenters. The van der Waals surface area contributed by atoms with Gasteiger partial charge < -0.3 is 19.5 Å². The fourth-order valence-corrected chi connectivity index (χ4v) is 3.95. The number of hydrogen-bond acceptors (Lipinski definition) is 7. The maximum atomic E-state index is 14.7. The van der Waals surface area contributed by atoms with Crippen molar-refractivity contribution < 1.29 is 23.4 Å². The van der Waals surface area contributed by atoms with Crippen LogP contribution in [0.5, 0.6) is 17.2 Å². The molecule has 4 aromatic rings. The van der Waals surface area contributed by atoms with Gasteiger partial charge in [0.05, 0.1) is 25.7 Å². The molecule has 0 atom stereocenters. The Morgan fingerprint density at radius 2 is 1.54 bits per heavy atom. The van der Waals surface area contributed by atoms with Crippen molar-refractivity contribution in [2.75, 3.05) is 25.3 Å². The standard InChI is InChI=1S/C25H23FN4O4S/c1-32-18-9-7-17(8-10-18)27-24(31)16-35-25-29-28-23(30(25)22-6-4-3-5-21(22)26)15-34-20-13-11-19(33-2)12-14-20/h3-14H,15-16H2,1-2H3,(H,27,31). The summed E-state index contributed by atoms with van der Waals surface area (Å²) >= 11 is 1.15. The molecule has 0 fully saturated rings. The quantitative estimate of drug-likeness (QED) is 0.319. The summed E-state index contributed by atoms with van der Waals surface area (Å²) in [6.07, 6.45) is 0. The number of nitrogens with zero attached hydrogens (tertiary/aromatic N) is 3. The molecule has 1 amide bonds. The molecule has 180 valence electrons. The molecule has 0 aliphatic carbocycles. The molecule has 35 heavy (non-hydrogen) atoms. The molecule has 4 rings (SSSR count). The van der Waals surface area contributed by atoms with E-state index in [0.29, 0.717) is 33.9 Å². The third kappa shape index (κ3) is 6.10. The first-order valence-corrected chi connectivity index (χ1v) is 11.6. The summed E-state index contributed by atoms with van der Waals surface area (Å²) in [5.74, 6) is 1.77. The van der Waals surface area contributed by atoms with Gasteiger partial charge >= 0.3 is 0 Å². The van der Waals surface area contributed by atoms with E-state index >= 15 is 0 Å². The Balaban J connectivity index is 1.49. The largest absolute Gasteiger partial charge is 0.497 e. The lowest BCUT2D eigenvalue weighted by Crippen LogP contribution is -2.15. The van der Waals surface area contributed by atoms with Crippen LogP contribution in [-0.2, 0) is 11.4 Å². The molecule has 3 aromatic carbocycles. The molecular formula is C25H23FN4O4S. The lowest BCUT2D eigenvalue weighted by Gasteiger charge is -2.12. The molecule has 10 heteroatoms. The Kier molecular flexibility index (Phi) is 7.84. The van der Waals surface area contributed by atoms with Crippen molar-refractivity contribution in [2.24, 2.45) is 0 Å². The highest BCUT2D eigenvalue weighted by Gasteiger charge is 2.19. The van der Waals surface area contributed by atoms with Crippen LogP contribution in [0.2, 0.25) is 0 Å². The van der Waals surface area contributed by atoms with E-state index in [1.807, 2.05) is 0 Å². The van der Waals surface area contributed by atoms with Gasteiger partial charge in [-0.05, 0) is 60.7 Å². The molecule has 0 saturated heterocycles. The highest BCUT2D eigenvalue weighted by atomic mass is 32.2. The number of para-hydroxylation sites is 1. The van der Waals surface area contributed by atoms with Crippen LogP contribution in [0.25, 0.3) is 5.69 Å². The van der Waals surface area contributed by atoms with Crippen LogP contribution < -0.4 is 19.5 Å². The summed E-state index contributed by atoms with van der Waals surface area (Å²) in [6, 6.07) is 20.4. The van der Waals surface area contributed by atoms with Crippen molar-refractivity contribution in [2.45, 2.75) is 11.8 Å². The minimum Gasteiger partial charge on any atom is -0.497 e. The van der Waals surface area contributed by atoms with Crippen molar-refractivity contribution in [1.82, 2.24) is 14.8 Å². The van der Waals surface area contributed by atoms with Crippen molar-refractivity contribution in [3.63, 3.8) is 0 Å². The molecule has 0 saturated carbocycles. The lowest BCUT2D eigenvalue weighted by molar-refractivity contribution is -0.113. The zero-order valence-corrected chi connectivity index (χ0v) is 19.9. The predicted molar refractivity (Wildman–Crippen MR) is 131 cm³/mol. The summed E-state index contributed by atoms with van der Waals surface area (Å²) in [4.78, 5) is 12.5. The van der Waals surface area contributed by atoms with Gasteiger partial charge in [0.1, 0.15) is 29.7 Å². The summed E-state index contributed by atoms with van der Waals surface area (Å²) in [5.41, 5.74) is 0.907. The molecule has 1 N–H and O–H groups in total. The summed E-state index contributed by atoms with van der Waals surface area (Å²) in [5, 5.41) is 11.6. The number of halogens is 1. The van der Waals surface area contributed by atoms with E-state index < -0.39 is 5.82 Å². The van der Waals surface area contributed by atoms with Crippen molar-refractivity contribution in [1.29, 1.82) is 0 Å². The number of carbonyl (C=O) groups excluding carboxylic acids is 1. The SMILES string of the molecule is COc1ccc(NC(=O)CSc2nnc(COc3ccc(OC)cc3)n2-c2ccccc2F)cc1. The Labute approximate surface area is 206 Å². The zero-order valence-electron chi connectivity index (χ0n) is 19.1. The summed E-state index contributed by atoms with van der Waals surface area (Å²) in [7, 11) is 3.16. The Morgan fingerprint density at radius 3 is 2.20 bits per heavy atom. The number of thioether (sulfide) groups is 1. The lowest BCUT2D eigenvalue weighted by atomic mass is 10.3. The van der Waals surface area contributed by atoms with E-state index in [4.69, 9.17) is 14.2 Å². The van der Waals surface area contributed by atoms with E-state index in [9.17, 15) is 9.18 Å². The molecule has 8 nitrogen and oxygen atoms in total. The number of benzene rings is 3. The second kappa shape index (κ2) is 11.4. The van der Waals surface area contributed by atoms with Crippen LogP contribution in [-0.4, -0.2) is 40.6 Å². The van der Waals surface area contributed by atoms with Crippen LogP contribution in [0.15, 0.2) is 78.0 Å². The molecule has 0 bridgehead atoms. The van der Waals surface area contributed by atoms with Crippen LogP contribution in [0.3, 0.4) is 0 Å². The minimum absolute atomic E-state index is 0.0479. The first kappa shape index (κ1) is 24.1. The van der Waals surface area contributed by atoms with E-state index in [2.05, 4.69) is 15.5 Å². The number of methoxy groups -OCH3 is 2. The van der Waals surface area contributed by atoms with Crippen molar-refractivity contribution >= 4 is 23.4 Å². The highest BCUT2D eigenvalue weighted by Crippen LogP contribution is 2.26. The second-order valence-electron chi connectivity index (χ2n) is 7.22. The van der Waals surface area contributed by atoms with Crippen molar-refractivity contribution in [3.8, 4) is 22.9 Å². The second-order valence-corrected chi connectivity index (χ2v) is 8.16. The Bertz CT molecular complexity index is 1280. The van der Waals surface area contributed by atoms with E-state index in [0.717, 1.165) is 11.8 Å².